The molecular formula is C35H24. The molecule has 7 aromatic rings. The standard InChI is InChI=1S/C35H24/c1-23-20-21-32-33(22-23)35(29-19-9-13-25-11-3-5-15-27(25)29)31-17-7-6-16-30(31)34(32)28-18-8-12-24-10-2-4-14-26(24)28/h2-22H,1H3. The molecule has 0 atom stereocenters. The van der Waals surface area contributed by atoms with Gasteiger partial charge in [0.1, 0.15) is 0 Å². The fourth-order valence-electron chi connectivity index (χ4n) is 5.76. The second-order valence-electron chi connectivity index (χ2n) is 9.40. The molecule has 0 heterocycles. The molecule has 164 valence electrons. The maximum Gasteiger partial charge on any atom is -0.00200 e. The van der Waals surface area contributed by atoms with Gasteiger partial charge in [-0.2, -0.15) is 0 Å². The Morgan fingerprint density at radius 1 is 0.343 bits per heavy atom. The number of rotatable bonds is 2. The Hall–Kier alpha value is -4.42. The van der Waals surface area contributed by atoms with Crippen molar-refractivity contribution in [3.05, 3.63) is 133 Å². The number of aryl methyl sites for hydroxylation is 1. The maximum atomic E-state index is 2.37. The van der Waals surface area contributed by atoms with E-state index in [0.717, 1.165) is 0 Å². The molecule has 7 rings (SSSR count). The first kappa shape index (κ1) is 20.0. The molecule has 0 aliphatic carbocycles. The van der Waals surface area contributed by atoms with E-state index in [-0.39, 0.29) is 0 Å². The second-order valence-corrected chi connectivity index (χ2v) is 9.40. The summed E-state index contributed by atoms with van der Waals surface area (Å²) in [4.78, 5) is 0. The molecule has 0 nitrogen and oxygen atoms in total. The van der Waals surface area contributed by atoms with Crippen LogP contribution in [0, 0.1) is 6.92 Å². The van der Waals surface area contributed by atoms with Gasteiger partial charge in [-0.3, -0.25) is 0 Å². The number of hydrogen-bond donors (Lipinski definition) is 0. The van der Waals surface area contributed by atoms with Crippen molar-refractivity contribution in [2.45, 2.75) is 6.92 Å². The van der Waals surface area contributed by atoms with E-state index >= 15 is 0 Å². The van der Waals surface area contributed by atoms with Crippen LogP contribution >= 0.6 is 0 Å². The molecule has 0 amide bonds. The zero-order valence-corrected chi connectivity index (χ0v) is 19.6. The van der Waals surface area contributed by atoms with Crippen LogP contribution in [0.25, 0.3) is 65.3 Å². The minimum absolute atomic E-state index is 1.27. The van der Waals surface area contributed by atoms with Crippen molar-refractivity contribution in [1.29, 1.82) is 0 Å². The Morgan fingerprint density at radius 3 is 1.34 bits per heavy atom. The molecule has 0 saturated heterocycles. The zero-order valence-electron chi connectivity index (χ0n) is 19.6. The van der Waals surface area contributed by atoms with E-state index in [1.807, 2.05) is 0 Å². The van der Waals surface area contributed by atoms with E-state index < -0.39 is 0 Å². The van der Waals surface area contributed by atoms with Crippen molar-refractivity contribution < 1.29 is 0 Å². The quantitative estimate of drug-likeness (QED) is 0.233. The predicted octanol–water partition coefficient (Wildman–Crippen LogP) is 9.94. The van der Waals surface area contributed by atoms with Crippen LogP contribution in [0.4, 0.5) is 0 Å². The van der Waals surface area contributed by atoms with Crippen LogP contribution in [0.1, 0.15) is 5.56 Å². The summed E-state index contributed by atoms with van der Waals surface area (Å²) < 4.78 is 0. The summed E-state index contributed by atoms with van der Waals surface area (Å²) in [5.74, 6) is 0. The smallest absolute Gasteiger partial charge is 0.00200 e. The van der Waals surface area contributed by atoms with Crippen molar-refractivity contribution in [2.24, 2.45) is 0 Å². The Morgan fingerprint density at radius 2 is 0.771 bits per heavy atom. The fourth-order valence-corrected chi connectivity index (χ4v) is 5.76. The molecule has 35 heavy (non-hydrogen) atoms. The maximum absolute atomic E-state index is 2.37. The van der Waals surface area contributed by atoms with Crippen molar-refractivity contribution in [3.63, 3.8) is 0 Å². The highest BCUT2D eigenvalue weighted by Crippen LogP contribution is 2.46. The van der Waals surface area contributed by atoms with Crippen molar-refractivity contribution in [3.8, 4) is 22.3 Å². The number of fused-ring (bicyclic) bond motifs is 4. The third-order valence-electron chi connectivity index (χ3n) is 7.30. The van der Waals surface area contributed by atoms with E-state index in [1.54, 1.807) is 0 Å². The molecule has 0 aliphatic rings. The van der Waals surface area contributed by atoms with E-state index in [9.17, 15) is 0 Å². The molecule has 0 radical (unpaired) electrons. The Bertz CT molecular complexity index is 1900. The van der Waals surface area contributed by atoms with Gasteiger partial charge in [0.05, 0.1) is 0 Å². The first-order chi connectivity index (χ1) is 17.3. The SMILES string of the molecule is Cc1ccc2c(-c3cccc4ccccc34)c3ccccc3c(-c3cccc4ccccc34)c2c1. The van der Waals surface area contributed by atoms with Crippen LogP contribution < -0.4 is 0 Å². The largest absolute Gasteiger partial charge is 0.0616 e. The third kappa shape index (κ3) is 3.07. The lowest BCUT2D eigenvalue weighted by Crippen LogP contribution is -1.93. The van der Waals surface area contributed by atoms with Crippen molar-refractivity contribution in [1.82, 2.24) is 0 Å². The lowest BCUT2D eigenvalue weighted by atomic mass is 9.83. The monoisotopic (exact) mass is 444 g/mol. The molecule has 0 fully saturated rings. The molecule has 0 unspecified atom stereocenters. The predicted molar refractivity (Wildman–Crippen MR) is 152 cm³/mol. The first-order valence-electron chi connectivity index (χ1n) is 12.2. The van der Waals surface area contributed by atoms with Gasteiger partial charge < -0.3 is 0 Å². The zero-order chi connectivity index (χ0) is 23.4. The number of benzene rings is 7. The number of hydrogen-bond acceptors (Lipinski definition) is 0. The van der Waals surface area contributed by atoms with Gasteiger partial charge in [-0.15, -0.1) is 0 Å². The van der Waals surface area contributed by atoms with E-state index in [1.165, 1.54) is 70.9 Å². The van der Waals surface area contributed by atoms with Crippen molar-refractivity contribution >= 4 is 43.1 Å². The minimum atomic E-state index is 1.27. The first-order valence-corrected chi connectivity index (χ1v) is 12.2. The van der Waals surface area contributed by atoms with Crippen LogP contribution in [-0.4, -0.2) is 0 Å². The highest BCUT2D eigenvalue weighted by atomic mass is 14.2. The molecule has 0 saturated carbocycles. The van der Waals surface area contributed by atoms with Crippen LogP contribution in [0.15, 0.2) is 127 Å². The van der Waals surface area contributed by atoms with Crippen LogP contribution in [-0.2, 0) is 0 Å². The second kappa shape index (κ2) is 7.82. The van der Waals surface area contributed by atoms with Crippen LogP contribution in [0.2, 0.25) is 0 Å². The Kier molecular flexibility index (Phi) is 4.47. The highest BCUT2D eigenvalue weighted by Gasteiger charge is 2.19. The van der Waals surface area contributed by atoms with E-state index in [4.69, 9.17) is 0 Å². The minimum Gasteiger partial charge on any atom is -0.0616 e. The van der Waals surface area contributed by atoms with Gasteiger partial charge in [-0.25, -0.2) is 0 Å². The fraction of sp³-hybridized carbons (Fsp3) is 0.0286. The normalized spacial score (nSPS) is 11.6. The Balaban J connectivity index is 1.72. The van der Waals surface area contributed by atoms with Gasteiger partial charge in [0.25, 0.3) is 0 Å². The van der Waals surface area contributed by atoms with Gasteiger partial charge in [0.15, 0.2) is 0 Å². The molecule has 0 aromatic heterocycles. The molecule has 0 bridgehead atoms. The molecule has 0 spiro atoms. The van der Waals surface area contributed by atoms with E-state index in [2.05, 4.69) is 134 Å². The van der Waals surface area contributed by atoms with E-state index in [0.29, 0.717) is 0 Å². The van der Waals surface area contributed by atoms with Crippen LogP contribution in [0.5, 0.6) is 0 Å². The summed E-state index contributed by atoms with van der Waals surface area (Å²) in [6, 6.07) is 46.7. The lowest BCUT2D eigenvalue weighted by Gasteiger charge is -2.20. The molecule has 0 aliphatic heterocycles. The van der Waals surface area contributed by atoms with Gasteiger partial charge >= 0.3 is 0 Å². The molecular weight excluding hydrogens is 420 g/mol. The average Bonchev–Trinajstić information content (AvgIpc) is 2.91. The summed E-state index contributed by atoms with van der Waals surface area (Å²) in [6.07, 6.45) is 0. The van der Waals surface area contributed by atoms with Gasteiger partial charge in [-0.1, -0.05) is 133 Å². The molecule has 7 aromatic carbocycles. The molecule has 0 N–H and O–H groups in total. The Labute approximate surface area is 205 Å². The lowest BCUT2D eigenvalue weighted by molar-refractivity contribution is 1.51. The summed E-state index contributed by atoms with van der Waals surface area (Å²) in [6.45, 7) is 2.19. The average molecular weight is 445 g/mol. The topological polar surface area (TPSA) is 0 Å². The van der Waals surface area contributed by atoms with Gasteiger partial charge in [-0.05, 0) is 72.3 Å². The summed E-state index contributed by atoms with van der Waals surface area (Å²) in [7, 11) is 0. The van der Waals surface area contributed by atoms with Gasteiger partial charge in [0, 0.05) is 0 Å². The summed E-state index contributed by atoms with van der Waals surface area (Å²) >= 11 is 0. The van der Waals surface area contributed by atoms with Gasteiger partial charge in [0.2, 0.25) is 0 Å². The molecule has 0 heteroatoms. The summed E-state index contributed by atoms with van der Waals surface area (Å²) in [5, 5.41) is 10.3. The third-order valence-corrected chi connectivity index (χ3v) is 7.30. The highest BCUT2D eigenvalue weighted by molar-refractivity contribution is 6.25. The van der Waals surface area contributed by atoms with Crippen molar-refractivity contribution in [2.75, 3.05) is 0 Å². The van der Waals surface area contributed by atoms with Crippen LogP contribution in [0.3, 0.4) is 0 Å². The summed E-state index contributed by atoms with van der Waals surface area (Å²) in [5.41, 5.74) is 6.49.